The number of hydrogen-bond donors (Lipinski definition) is 2. The van der Waals surface area contributed by atoms with Crippen LogP contribution >= 0.6 is 0 Å². The summed E-state index contributed by atoms with van der Waals surface area (Å²) < 4.78 is 0. The van der Waals surface area contributed by atoms with Crippen LogP contribution in [-0.2, 0) is 13.0 Å². The Balaban J connectivity index is 2.26. The van der Waals surface area contributed by atoms with Crippen LogP contribution in [0.4, 0.5) is 0 Å². The first kappa shape index (κ1) is 12.8. The number of hydrogen-bond acceptors (Lipinski definition) is 2. The van der Waals surface area contributed by atoms with Crippen molar-refractivity contribution in [2.24, 2.45) is 11.7 Å². The molecule has 1 heterocycles. The Morgan fingerprint density at radius 3 is 2.39 bits per heavy atom. The maximum absolute atomic E-state index is 5.65. The molecule has 0 aliphatic heterocycles. The van der Waals surface area contributed by atoms with E-state index < -0.39 is 0 Å². The highest BCUT2D eigenvalue weighted by Crippen LogP contribution is 2.23. The van der Waals surface area contributed by atoms with Gasteiger partial charge in [-0.15, -0.1) is 0 Å². The van der Waals surface area contributed by atoms with E-state index in [-0.39, 0.29) is 0 Å². The van der Waals surface area contributed by atoms with Gasteiger partial charge in [-0.3, -0.25) is 5.10 Å². The van der Waals surface area contributed by atoms with Gasteiger partial charge in [-0.2, -0.15) is 5.10 Å². The molecule has 0 atom stereocenters. The van der Waals surface area contributed by atoms with Gasteiger partial charge in [0.1, 0.15) is 0 Å². The maximum atomic E-state index is 5.65. The Bertz CT molecular complexity index is 509. The van der Waals surface area contributed by atoms with Crippen LogP contribution in [-0.4, -0.2) is 10.2 Å². The minimum absolute atomic E-state index is 0.504. The summed E-state index contributed by atoms with van der Waals surface area (Å²) in [6.45, 7) is 7.03. The molecule has 0 fully saturated rings. The van der Waals surface area contributed by atoms with Crippen LogP contribution in [0.25, 0.3) is 11.3 Å². The Kier molecular flexibility index (Phi) is 3.82. The number of nitrogens with one attached hydrogen (secondary N) is 1. The average Bonchev–Trinajstić information content (AvgIpc) is 2.71. The zero-order valence-corrected chi connectivity index (χ0v) is 11.3. The normalized spacial score (nSPS) is 11.2. The van der Waals surface area contributed by atoms with Gasteiger partial charge < -0.3 is 5.73 Å². The first-order valence-electron chi connectivity index (χ1n) is 6.45. The fourth-order valence-electron chi connectivity index (χ4n) is 2.18. The molecule has 3 nitrogen and oxygen atoms in total. The van der Waals surface area contributed by atoms with Gasteiger partial charge in [-0.05, 0) is 30.4 Å². The lowest BCUT2D eigenvalue weighted by atomic mass is 10.00. The zero-order chi connectivity index (χ0) is 13.1. The van der Waals surface area contributed by atoms with Gasteiger partial charge in [0, 0.05) is 12.1 Å². The lowest BCUT2D eigenvalue weighted by Crippen LogP contribution is -1.98. The van der Waals surface area contributed by atoms with Crippen molar-refractivity contribution < 1.29 is 0 Å². The maximum Gasteiger partial charge on any atom is 0.0953 e. The molecule has 0 bridgehead atoms. The van der Waals surface area contributed by atoms with Crippen molar-refractivity contribution in [3.8, 4) is 11.3 Å². The molecule has 0 spiro atoms. The molecule has 18 heavy (non-hydrogen) atoms. The van der Waals surface area contributed by atoms with Crippen LogP contribution in [0.15, 0.2) is 24.3 Å². The molecule has 0 amide bonds. The molecule has 3 heteroatoms. The quantitative estimate of drug-likeness (QED) is 0.867. The second-order valence-electron chi connectivity index (χ2n) is 5.17. The molecule has 96 valence electrons. The Morgan fingerprint density at radius 2 is 1.89 bits per heavy atom. The molecule has 0 aliphatic rings. The number of rotatable bonds is 4. The van der Waals surface area contributed by atoms with Crippen molar-refractivity contribution in [3.63, 3.8) is 0 Å². The van der Waals surface area contributed by atoms with E-state index in [9.17, 15) is 0 Å². The van der Waals surface area contributed by atoms with E-state index in [0.717, 1.165) is 28.9 Å². The van der Waals surface area contributed by atoms with Gasteiger partial charge in [-0.25, -0.2) is 0 Å². The fourth-order valence-corrected chi connectivity index (χ4v) is 2.18. The van der Waals surface area contributed by atoms with Crippen molar-refractivity contribution in [3.05, 3.63) is 41.1 Å². The lowest BCUT2D eigenvalue weighted by molar-refractivity contribution is 0.647. The first-order chi connectivity index (χ1) is 8.61. The van der Waals surface area contributed by atoms with Crippen molar-refractivity contribution in [1.29, 1.82) is 0 Å². The van der Waals surface area contributed by atoms with Crippen LogP contribution < -0.4 is 5.73 Å². The van der Waals surface area contributed by atoms with Gasteiger partial charge in [0.05, 0.1) is 11.4 Å². The largest absolute Gasteiger partial charge is 0.325 e. The highest BCUT2D eigenvalue weighted by atomic mass is 15.1. The van der Waals surface area contributed by atoms with Gasteiger partial charge in [0.2, 0.25) is 0 Å². The van der Waals surface area contributed by atoms with Gasteiger partial charge >= 0.3 is 0 Å². The molecule has 0 saturated carbocycles. The summed E-state index contributed by atoms with van der Waals surface area (Å²) in [5, 5.41) is 7.34. The highest BCUT2D eigenvalue weighted by Gasteiger charge is 2.09. The molecule has 2 aromatic rings. The summed E-state index contributed by atoms with van der Waals surface area (Å²) in [6.07, 6.45) is 1.12. The number of nitrogens with zero attached hydrogens (tertiary/aromatic N) is 1. The van der Waals surface area contributed by atoms with E-state index in [2.05, 4.69) is 55.2 Å². The van der Waals surface area contributed by atoms with Gasteiger partial charge in [0.25, 0.3) is 0 Å². The predicted molar refractivity (Wildman–Crippen MR) is 75.2 cm³/mol. The minimum atomic E-state index is 0.504. The summed E-state index contributed by atoms with van der Waals surface area (Å²) in [6, 6.07) is 8.65. The monoisotopic (exact) mass is 243 g/mol. The molecular formula is C15H21N3. The molecule has 0 unspecified atom stereocenters. The highest BCUT2D eigenvalue weighted by molar-refractivity contribution is 5.63. The number of aromatic amines is 1. The van der Waals surface area contributed by atoms with Gasteiger partial charge in [-0.1, -0.05) is 38.1 Å². The Morgan fingerprint density at radius 1 is 1.22 bits per heavy atom. The number of H-pyrrole nitrogens is 1. The number of aromatic nitrogens is 2. The Labute approximate surface area is 108 Å². The zero-order valence-electron chi connectivity index (χ0n) is 11.3. The lowest BCUT2D eigenvalue weighted by Gasteiger charge is -2.06. The third kappa shape index (κ3) is 2.62. The van der Waals surface area contributed by atoms with E-state index in [0.29, 0.717) is 12.5 Å². The van der Waals surface area contributed by atoms with Gasteiger partial charge in [0.15, 0.2) is 0 Å². The fraction of sp³-hybridized carbons (Fsp3) is 0.400. The van der Waals surface area contributed by atoms with Crippen molar-refractivity contribution in [1.82, 2.24) is 10.2 Å². The second kappa shape index (κ2) is 5.36. The molecule has 0 aliphatic carbocycles. The van der Waals surface area contributed by atoms with Crippen LogP contribution in [0, 0.1) is 12.8 Å². The summed E-state index contributed by atoms with van der Waals surface area (Å²) in [4.78, 5) is 0. The molecule has 1 aromatic heterocycles. The number of benzene rings is 1. The molecule has 0 saturated heterocycles. The van der Waals surface area contributed by atoms with E-state index in [4.69, 9.17) is 5.73 Å². The molecule has 3 N–H and O–H groups in total. The van der Waals surface area contributed by atoms with Crippen LogP contribution in [0.2, 0.25) is 0 Å². The smallest absolute Gasteiger partial charge is 0.0953 e. The topological polar surface area (TPSA) is 54.7 Å². The van der Waals surface area contributed by atoms with Crippen molar-refractivity contribution >= 4 is 0 Å². The summed E-state index contributed by atoms with van der Waals surface area (Å²) in [5.74, 6) is 0.687. The van der Waals surface area contributed by atoms with Crippen LogP contribution in [0.3, 0.4) is 0 Å². The predicted octanol–water partition coefficient (Wildman–Crippen LogP) is 3.04. The van der Waals surface area contributed by atoms with Crippen LogP contribution in [0.1, 0.15) is 30.7 Å². The summed E-state index contributed by atoms with van der Waals surface area (Å²) >= 11 is 0. The molecule has 1 aromatic carbocycles. The standard InChI is InChI=1S/C15H21N3/c1-10(2)8-12-4-6-13(7-5-12)15-11(3)14(9-16)17-18-15/h4-7,10H,8-9,16H2,1-3H3,(H,17,18). The summed E-state index contributed by atoms with van der Waals surface area (Å²) in [5.41, 5.74) is 11.3. The third-order valence-electron chi connectivity index (χ3n) is 3.19. The van der Waals surface area contributed by atoms with E-state index in [1.54, 1.807) is 0 Å². The molecular weight excluding hydrogens is 222 g/mol. The third-order valence-corrected chi connectivity index (χ3v) is 3.19. The van der Waals surface area contributed by atoms with E-state index in [1.807, 2.05) is 0 Å². The second-order valence-corrected chi connectivity index (χ2v) is 5.17. The van der Waals surface area contributed by atoms with E-state index in [1.165, 1.54) is 5.56 Å². The van der Waals surface area contributed by atoms with Crippen LogP contribution in [0.5, 0.6) is 0 Å². The van der Waals surface area contributed by atoms with E-state index >= 15 is 0 Å². The van der Waals surface area contributed by atoms with Crippen molar-refractivity contribution in [2.45, 2.75) is 33.7 Å². The Hall–Kier alpha value is -1.61. The molecule has 0 radical (unpaired) electrons. The minimum Gasteiger partial charge on any atom is -0.325 e. The average molecular weight is 243 g/mol. The number of nitrogens with two attached hydrogens (primary N) is 1. The van der Waals surface area contributed by atoms with Crippen molar-refractivity contribution in [2.75, 3.05) is 0 Å². The SMILES string of the molecule is Cc1c(-c2ccc(CC(C)C)cc2)n[nH]c1CN. The molecule has 2 rings (SSSR count). The summed E-state index contributed by atoms with van der Waals surface area (Å²) in [7, 11) is 0. The first-order valence-corrected chi connectivity index (χ1v) is 6.45.